The van der Waals surface area contributed by atoms with Crippen LogP contribution in [0.5, 0.6) is 0 Å². The summed E-state index contributed by atoms with van der Waals surface area (Å²) < 4.78 is 0. The van der Waals surface area contributed by atoms with Crippen molar-refractivity contribution in [2.24, 2.45) is 0 Å². The van der Waals surface area contributed by atoms with Crippen LogP contribution in [0.25, 0.3) is 0 Å². The van der Waals surface area contributed by atoms with Crippen LogP contribution in [0.3, 0.4) is 0 Å². The summed E-state index contributed by atoms with van der Waals surface area (Å²) in [7, 11) is 0. The number of rotatable bonds is 22. The van der Waals surface area contributed by atoms with Crippen LogP contribution in [0.1, 0.15) is 149 Å². The molecule has 0 radical (unpaired) electrons. The highest BCUT2D eigenvalue weighted by Gasteiger charge is 1.97. The Morgan fingerprint density at radius 1 is 0.548 bits per heavy atom. The first-order valence-electron chi connectivity index (χ1n) is 13.2. The molecule has 0 atom stereocenters. The second-order valence-corrected chi connectivity index (χ2v) is 8.66. The first-order chi connectivity index (χ1) is 15.0. The quantitative estimate of drug-likeness (QED) is 0.130. The van der Waals surface area contributed by atoms with Crippen LogP contribution in [-0.2, 0) is 9.59 Å². The number of carboxylic acid groups (broad SMARTS) is 2. The normalized spacial score (nSPS) is 10.8. The number of carbonyl (C=O) groups is 2. The van der Waals surface area contributed by atoms with E-state index in [1.807, 2.05) is 6.92 Å². The smallest absolute Gasteiger partial charge is 0.327 e. The number of carboxylic acids is 2. The largest absolute Gasteiger partial charge is 0.481 e. The van der Waals surface area contributed by atoms with Gasteiger partial charge in [0.25, 0.3) is 0 Å². The molecule has 31 heavy (non-hydrogen) atoms. The van der Waals surface area contributed by atoms with Crippen molar-refractivity contribution in [2.75, 3.05) is 0 Å². The molecule has 0 amide bonds. The first-order valence-corrected chi connectivity index (χ1v) is 13.2. The Hall–Kier alpha value is -1.32. The summed E-state index contributed by atoms with van der Waals surface area (Å²) in [6.07, 6.45) is 29.6. The van der Waals surface area contributed by atoms with Gasteiger partial charge in [-0.3, -0.25) is 4.79 Å². The molecule has 0 bridgehead atoms. The minimum Gasteiger partial charge on any atom is -0.481 e. The summed E-state index contributed by atoms with van der Waals surface area (Å²) in [4.78, 5) is 20.1. The van der Waals surface area contributed by atoms with Gasteiger partial charge in [0.1, 0.15) is 0 Å². The van der Waals surface area contributed by atoms with Gasteiger partial charge in [0, 0.05) is 12.5 Å². The van der Waals surface area contributed by atoms with E-state index in [2.05, 4.69) is 6.92 Å². The second kappa shape index (κ2) is 28.7. The highest BCUT2D eigenvalue weighted by Crippen LogP contribution is 2.14. The summed E-state index contributed by atoms with van der Waals surface area (Å²) >= 11 is 0. The Kier molecular flexibility index (Phi) is 29.5. The van der Waals surface area contributed by atoms with Crippen LogP contribution in [0, 0.1) is 0 Å². The molecule has 0 aliphatic carbocycles. The molecule has 184 valence electrons. The van der Waals surface area contributed by atoms with Crippen LogP contribution >= 0.6 is 0 Å². The van der Waals surface area contributed by atoms with Gasteiger partial charge in [-0.15, -0.1) is 0 Å². The van der Waals surface area contributed by atoms with Gasteiger partial charge >= 0.3 is 11.9 Å². The topological polar surface area (TPSA) is 74.6 Å². The third-order valence-electron chi connectivity index (χ3n) is 5.49. The van der Waals surface area contributed by atoms with E-state index in [0.717, 1.165) is 25.3 Å². The molecule has 0 saturated heterocycles. The highest BCUT2D eigenvalue weighted by atomic mass is 16.4. The molecule has 0 heterocycles. The lowest BCUT2D eigenvalue weighted by Crippen LogP contribution is -1.93. The van der Waals surface area contributed by atoms with Gasteiger partial charge in [-0.2, -0.15) is 0 Å². The van der Waals surface area contributed by atoms with Crippen LogP contribution in [0.4, 0.5) is 0 Å². The lowest BCUT2D eigenvalue weighted by atomic mass is 10.0. The van der Waals surface area contributed by atoms with E-state index >= 15 is 0 Å². The monoisotopic (exact) mass is 440 g/mol. The zero-order valence-corrected chi connectivity index (χ0v) is 20.7. The predicted octanol–water partition coefficient (Wildman–Crippen LogP) is 8.93. The number of hydrogen-bond acceptors (Lipinski definition) is 2. The minimum absolute atomic E-state index is 0.346. The summed E-state index contributed by atoms with van der Waals surface area (Å²) in [5.74, 6) is -1.52. The van der Waals surface area contributed by atoms with Crippen LogP contribution in [0.2, 0.25) is 0 Å². The van der Waals surface area contributed by atoms with E-state index in [1.165, 1.54) is 109 Å². The van der Waals surface area contributed by atoms with Crippen LogP contribution < -0.4 is 0 Å². The van der Waals surface area contributed by atoms with E-state index in [-0.39, 0.29) is 0 Å². The van der Waals surface area contributed by atoms with E-state index in [1.54, 1.807) is 6.08 Å². The van der Waals surface area contributed by atoms with E-state index in [9.17, 15) is 9.59 Å². The first kappa shape index (κ1) is 31.9. The van der Waals surface area contributed by atoms with Crippen molar-refractivity contribution in [3.8, 4) is 0 Å². The Bertz CT molecular complexity index is 404. The molecule has 2 N–H and O–H groups in total. The summed E-state index contributed by atoms with van der Waals surface area (Å²) in [6.45, 7) is 4.17. The van der Waals surface area contributed by atoms with Gasteiger partial charge in [0.05, 0.1) is 0 Å². The van der Waals surface area contributed by atoms with E-state index in [0.29, 0.717) is 6.42 Å². The zero-order chi connectivity index (χ0) is 23.4. The SMILES string of the molecule is CCC=CC(=O)O.CCCCCCCCCCCCCCCCCCCCCC(=O)O. The molecule has 4 heteroatoms. The molecule has 0 rings (SSSR count). The lowest BCUT2D eigenvalue weighted by Gasteiger charge is -2.03. The van der Waals surface area contributed by atoms with Gasteiger partial charge in [0.15, 0.2) is 0 Å². The fourth-order valence-corrected chi connectivity index (χ4v) is 3.57. The molecule has 0 aliphatic heterocycles. The van der Waals surface area contributed by atoms with Gasteiger partial charge in [-0.1, -0.05) is 135 Å². The van der Waals surface area contributed by atoms with E-state index < -0.39 is 11.9 Å². The number of allylic oxidation sites excluding steroid dienone is 1. The Balaban J connectivity index is 0. The fourth-order valence-electron chi connectivity index (χ4n) is 3.57. The standard InChI is InChI=1S/C22H44O2.C5H8O2/c1-2-3-4-5-6-7-8-9-10-11-12-13-14-15-16-17-18-19-20-21-22(23)24;1-2-3-4-5(6)7/h2-21H2,1H3,(H,23,24);3-4H,2H2,1H3,(H,6,7). The molecule has 0 spiro atoms. The molecule has 0 aromatic heterocycles. The molecule has 0 aromatic carbocycles. The Morgan fingerprint density at radius 2 is 0.871 bits per heavy atom. The van der Waals surface area contributed by atoms with E-state index in [4.69, 9.17) is 10.2 Å². The minimum atomic E-state index is -0.873. The lowest BCUT2D eigenvalue weighted by molar-refractivity contribution is -0.137. The van der Waals surface area contributed by atoms with Crippen molar-refractivity contribution in [1.82, 2.24) is 0 Å². The molecular weight excluding hydrogens is 388 g/mol. The average molecular weight is 441 g/mol. The molecule has 0 unspecified atom stereocenters. The Labute approximate surface area is 192 Å². The summed E-state index contributed by atoms with van der Waals surface area (Å²) in [5, 5.41) is 16.5. The summed E-state index contributed by atoms with van der Waals surface area (Å²) in [6, 6.07) is 0. The van der Waals surface area contributed by atoms with Gasteiger partial charge in [-0.05, 0) is 12.8 Å². The molecule has 4 nitrogen and oxygen atoms in total. The van der Waals surface area contributed by atoms with Crippen molar-refractivity contribution >= 4 is 11.9 Å². The summed E-state index contributed by atoms with van der Waals surface area (Å²) in [5.41, 5.74) is 0. The maximum Gasteiger partial charge on any atom is 0.327 e. The van der Waals surface area contributed by atoms with Crippen molar-refractivity contribution in [3.05, 3.63) is 12.2 Å². The predicted molar refractivity (Wildman–Crippen MR) is 133 cm³/mol. The second-order valence-electron chi connectivity index (χ2n) is 8.66. The third kappa shape index (κ3) is 36.4. The average Bonchev–Trinajstić information content (AvgIpc) is 2.74. The molecule has 0 aliphatic rings. The maximum atomic E-state index is 10.4. The third-order valence-corrected chi connectivity index (χ3v) is 5.49. The van der Waals surface area contributed by atoms with Gasteiger partial charge in [-0.25, -0.2) is 4.79 Å². The maximum absolute atomic E-state index is 10.4. The molecular formula is C27H52O4. The van der Waals surface area contributed by atoms with Gasteiger partial charge in [0.2, 0.25) is 0 Å². The van der Waals surface area contributed by atoms with Gasteiger partial charge < -0.3 is 10.2 Å². The van der Waals surface area contributed by atoms with Crippen molar-refractivity contribution in [1.29, 1.82) is 0 Å². The molecule has 0 fully saturated rings. The molecule has 0 saturated carbocycles. The van der Waals surface area contributed by atoms with Crippen molar-refractivity contribution in [3.63, 3.8) is 0 Å². The Morgan fingerprint density at radius 3 is 1.10 bits per heavy atom. The number of unbranched alkanes of at least 4 members (excludes halogenated alkanes) is 18. The number of aliphatic carboxylic acids is 2. The number of hydrogen-bond donors (Lipinski definition) is 2. The van der Waals surface area contributed by atoms with Crippen molar-refractivity contribution < 1.29 is 19.8 Å². The van der Waals surface area contributed by atoms with Crippen LogP contribution in [0.15, 0.2) is 12.2 Å². The fraction of sp³-hybridized carbons (Fsp3) is 0.852. The zero-order valence-electron chi connectivity index (χ0n) is 20.7. The molecule has 0 aromatic rings. The highest BCUT2D eigenvalue weighted by molar-refractivity contribution is 5.79. The van der Waals surface area contributed by atoms with Crippen LogP contribution in [-0.4, -0.2) is 22.2 Å². The van der Waals surface area contributed by atoms with Crippen molar-refractivity contribution in [2.45, 2.75) is 149 Å².